The molecule has 0 aliphatic heterocycles. The van der Waals surface area contributed by atoms with Crippen LogP contribution in [0.3, 0.4) is 0 Å². The van der Waals surface area contributed by atoms with Crippen LogP contribution in [-0.4, -0.2) is 11.6 Å². The summed E-state index contributed by atoms with van der Waals surface area (Å²) in [6, 6.07) is 9.01. The second kappa shape index (κ2) is 4.66. The maximum atomic E-state index is 11.7. The summed E-state index contributed by atoms with van der Waals surface area (Å²) in [5.41, 5.74) is 1.61. The molecule has 0 radical (unpaired) electrons. The van der Waals surface area contributed by atoms with E-state index < -0.39 is 0 Å². The molecule has 16 heavy (non-hydrogen) atoms. The molecule has 1 N–H and O–H groups in total. The molecule has 3 nitrogen and oxygen atoms in total. The number of para-hydroxylation sites is 1. The molecule has 82 valence electrons. The van der Waals surface area contributed by atoms with Crippen LogP contribution in [0.25, 0.3) is 17.0 Å². The van der Waals surface area contributed by atoms with Crippen molar-refractivity contribution in [2.45, 2.75) is 6.92 Å². The second-order valence-corrected chi connectivity index (χ2v) is 3.39. The summed E-state index contributed by atoms with van der Waals surface area (Å²) in [6.45, 7) is 2.53. The molecule has 0 aliphatic carbocycles. The molecule has 0 fully saturated rings. The number of hydrogen-bond acceptors (Lipinski definition) is 2. The zero-order chi connectivity index (χ0) is 11.4. The Kier molecular flexibility index (Phi) is 3.05. The fourth-order valence-corrected chi connectivity index (χ4v) is 1.52. The van der Waals surface area contributed by atoms with Crippen LogP contribution in [0.5, 0.6) is 0 Å². The summed E-state index contributed by atoms with van der Waals surface area (Å²) in [7, 11) is 0. The van der Waals surface area contributed by atoms with Gasteiger partial charge in [-0.3, -0.25) is 4.79 Å². The molecule has 0 unspecified atom stereocenters. The molecule has 1 aromatic heterocycles. The van der Waals surface area contributed by atoms with Gasteiger partial charge in [-0.25, -0.2) is 0 Å². The number of aromatic amines is 1. The number of ether oxygens (including phenoxy) is 1. The van der Waals surface area contributed by atoms with Gasteiger partial charge in [0.1, 0.15) is 0 Å². The molecular formula is C13H13NO2. The van der Waals surface area contributed by atoms with Crippen LogP contribution in [0.1, 0.15) is 12.6 Å². The Labute approximate surface area is 93.4 Å². The van der Waals surface area contributed by atoms with E-state index in [4.69, 9.17) is 4.74 Å². The van der Waals surface area contributed by atoms with E-state index in [1.165, 1.54) is 0 Å². The van der Waals surface area contributed by atoms with E-state index in [1.807, 2.05) is 31.2 Å². The fourth-order valence-electron chi connectivity index (χ4n) is 1.52. The molecule has 1 heterocycles. The van der Waals surface area contributed by atoms with Crippen LogP contribution < -0.4 is 5.43 Å². The highest BCUT2D eigenvalue weighted by Gasteiger charge is 1.98. The van der Waals surface area contributed by atoms with E-state index in [0.29, 0.717) is 12.0 Å². The van der Waals surface area contributed by atoms with Crippen molar-refractivity contribution in [2.75, 3.05) is 6.61 Å². The van der Waals surface area contributed by atoms with Gasteiger partial charge in [-0.1, -0.05) is 12.1 Å². The Morgan fingerprint density at radius 2 is 2.19 bits per heavy atom. The van der Waals surface area contributed by atoms with Crippen molar-refractivity contribution in [2.24, 2.45) is 0 Å². The van der Waals surface area contributed by atoms with Crippen molar-refractivity contribution in [1.82, 2.24) is 4.98 Å². The largest absolute Gasteiger partial charge is 0.501 e. The average Bonchev–Trinajstić information content (AvgIpc) is 2.30. The molecule has 0 saturated heterocycles. The van der Waals surface area contributed by atoms with Crippen molar-refractivity contribution in [3.63, 3.8) is 0 Å². The SMILES string of the molecule is CCO/C=C/c1cc(=O)c2ccccc2[nH]1. The van der Waals surface area contributed by atoms with E-state index in [0.717, 1.165) is 11.2 Å². The standard InChI is InChI=1S/C13H13NO2/c1-2-16-8-7-10-9-13(15)11-5-3-4-6-12(11)14-10/h3-9H,2H2,1H3,(H,14,15)/b8-7+. The molecular weight excluding hydrogens is 202 g/mol. The van der Waals surface area contributed by atoms with Gasteiger partial charge < -0.3 is 9.72 Å². The lowest BCUT2D eigenvalue weighted by atomic mass is 10.2. The third-order valence-electron chi connectivity index (χ3n) is 2.27. The van der Waals surface area contributed by atoms with E-state index in [9.17, 15) is 4.79 Å². The van der Waals surface area contributed by atoms with Crippen LogP contribution in [0.2, 0.25) is 0 Å². The predicted molar refractivity (Wildman–Crippen MR) is 65.2 cm³/mol. The first-order valence-electron chi connectivity index (χ1n) is 5.21. The number of hydrogen-bond donors (Lipinski definition) is 1. The van der Waals surface area contributed by atoms with E-state index in [1.54, 1.807) is 18.4 Å². The first-order chi connectivity index (χ1) is 7.81. The first-order valence-corrected chi connectivity index (χ1v) is 5.21. The maximum Gasteiger partial charge on any atom is 0.189 e. The lowest BCUT2D eigenvalue weighted by Crippen LogP contribution is -2.02. The molecule has 0 saturated carbocycles. The second-order valence-electron chi connectivity index (χ2n) is 3.39. The summed E-state index contributed by atoms with van der Waals surface area (Å²) >= 11 is 0. The number of fused-ring (bicyclic) bond motifs is 1. The van der Waals surface area contributed by atoms with Gasteiger partial charge in [0, 0.05) is 22.7 Å². The summed E-state index contributed by atoms with van der Waals surface area (Å²) in [6.07, 6.45) is 3.33. The van der Waals surface area contributed by atoms with E-state index in [-0.39, 0.29) is 5.43 Å². The molecule has 0 aliphatic rings. The van der Waals surface area contributed by atoms with Crippen LogP contribution in [-0.2, 0) is 4.74 Å². The summed E-state index contributed by atoms with van der Waals surface area (Å²) in [4.78, 5) is 14.9. The topological polar surface area (TPSA) is 42.1 Å². The minimum atomic E-state index is 0.0190. The number of rotatable bonds is 3. The van der Waals surface area contributed by atoms with Gasteiger partial charge in [0.15, 0.2) is 5.43 Å². The molecule has 2 rings (SSSR count). The number of benzene rings is 1. The van der Waals surface area contributed by atoms with Crippen molar-refractivity contribution in [3.05, 3.63) is 52.5 Å². The lowest BCUT2D eigenvalue weighted by molar-refractivity contribution is 0.272. The Morgan fingerprint density at radius 1 is 1.38 bits per heavy atom. The van der Waals surface area contributed by atoms with Crippen molar-refractivity contribution < 1.29 is 4.74 Å². The number of aromatic nitrogens is 1. The Hall–Kier alpha value is -2.03. The van der Waals surface area contributed by atoms with Gasteiger partial charge in [-0.15, -0.1) is 0 Å². The van der Waals surface area contributed by atoms with Crippen LogP contribution in [0.15, 0.2) is 41.4 Å². The summed E-state index contributed by atoms with van der Waals surface area (Å²) < 4.78 is 5.09. The highest BCUT2D eigenvalue weighted by atomic mass is 16.5. The number of pyridine rings is 1. The van der Waals surface area contributed by atoms with E-state index >= 15 is 0 Å². The summed E-state index contributed by atoms with van der Waals surface area (Å²) in [5.74, 6) is 0. The molecule has 1 aromatic carbocycles. The molecule has 3 heteroatoms. The van der Waals surface area contributed by atoms with Crippen LogP contribution in [0, 0.1) is 0 Å². The number of nitrogens with one attached hydrogen (secondary N) is 1. The first kappa shape index (κ1) is 10.5. The monoisotopic (exact) mass is 215 g/mol. The third kappa shape index (κ3) is 2.14. The third-order valence-corrected chi connectivity index (χ3v) is 2.27. The van der Waals surface area contributed by atoms with Crippen molar-refractivity contribution in [3.8, 4) is 0 Å². The van der Waals surface area contributed by atoms with Crippen LogP contribution in [0.4, 0.5) is 0 Å². The average molecular weight is 215 g/mol. The molecule has 0 atom stereocenters. The summed E-state index contributed by atoms with van der Waals surface area (Å²) in [5, 5.41) is 0.705. The molecule has 0 amide bonds. The minimum absolute atomic E-state index is 0.0190. The van der Waals surface area contributed by atoms with Gasteiger partial charge in [0.2, 0.25) is 0 Å². The smallest absolute Gasteiger partial charge is 0.189 e. The van der Waals surface area contributed by atoms with Gasteiger partial charge in [0.25, 0.3) is 0 Å². The predicted octanol–water partition coefficient (Wildman–Crippen LogP) is 2.54. The lowest BCUT2D eigenvalue weighted by Gasteiger charge is -1.99. The zero-order valence-corrected chi connectivity index (χ0v) is 9.07. The maximum absolute atomic E-state index is 11.7. The highest BCUT2D eigenvalue weighted by molar-refractivity contribution is 5.79. The quantitative estimate of drug-likeness (QED) is 0.799. The highest BCUT2D eigenvalue weighted by Crippen LogP contribution is 2.07. The Balaban J connectivity index is 2.46. The molecule has 2 aromatic rings. The molecule has 0 bridgehead atoms. The fraction of sp³-hybridized carbons (Fsp3) is 0.154. The molecule has 0 spiro atoms. The Bertz CT molecular complexity index is 569. The van der Waals surface area contributed by atoms with Gasteiger partial charge in [0.05, 0.1) is 12.9 Å². The zero-order valence-electron chi connectivity index (χ0n) is 9.07. The van der Waals surface area contributed by atoms with Crippen molar-refractivity contribution >= 4 is 17.0 Å². The Morgan fingerprint density at radius 3 is 3.00 bits per heavy atom. The van der Waals surface area contributed by atoms with Crippen molar-refractivity contribution in [1.29, 1.82) is 0 Å². The van der Waals surface area contributed by atoms with E-state index in [2.05, 4.69) is 4.98 Å². The number of H-pyrrole nitrogens is 1. The minimum Gasteiger partial charge on any atom is -0.501 e. The van der Waals surface area contributed by atoms with Gasteiger partial charge in [-0.05, 0) is 25.1 Å². The normalized spacial score (nSPS) is 11.1. The van der Waals surface area contributed by atoms with Gasteiger partial charge in [-0.2, -0.15) is 0 Å². The van der Waals surface area contributed by atoms with Crippen LogP contribution >= 0.6 is 0 Å². The van der Waals surface area contributed by atoms with Gasteiger partial charge >= 0.3 is 0 Å².